The zero-order valence-corrected chi connectivity index (χ0v) is 11.4. The third-order valence-corrected chi connectivity index (χ3v) is 3.13. The quantitative estimate of drug-likeness (QED) is 0.798. The molecule has 6 heteroatoms. The van der Waals surface area contributed by atoms with Gasteiger partial charge in [-0.2, -0.15) is 10.1 Å². The normalized spacial score (nSPS) is 11.1. The van der Waals surface area contributed by atoms with Crippen LogP contribution in [0.15, 0.2) is 28.8 Å². The summed E-state index contributed by atoms with van der Waals surface area (Å²) in [5.74, 6) is 0. The zero-order chi connectivity index (χ0) is 13.4. The Morgan fingerprint density at radius 1 is 1.42 bits per heavy atom. The largest absolute Gasteiger partial charge is 0.424 e. The molecule has 1 N–H and O–H groups in total. The lowest BCUT2D eigenvalue weighted by atomic mass is 10.3. The van der Waals surface area contributed by atoms with Gasteiger partial charge in [-0.1, -0.05) is 11.6 Å². The Bertz CT molecular complexity index is 731. The molecule has 0 spiro atoms. The lowest BCUT2D eigenvalue weighted by Gasteiger charge is -1.98. The van der Waals surface area contributed by atoms with Gasteiger partial charge in [0.2, 0.25) is 0 Å². The highest BCUT2D eigenvalue weighted by atomic mass is 35.5. The third kappa shape index (κ3) is 2.42. The second kappa shape index (κ2) is 4.59. The maximum Gasteiger partial charge on any atom is 0.295 e. The van der Waals surface area contributed by atoms with Crippen LogP contribution in [0, 0.1) is 6.92 Å². The van der Waals surface area contributed by atoms with Crippen LogP contribution in [-0.2, 0) is 13.6 Å². The van der Waals surface area contributed by atoms with E-state index >= 15 is 0 Å². The molecule has 2 heterocycles. The topological polar surface area (TPSA) is 55.9 Å². The summed E-state index contributed by atoms with van der Waals surface area (Å²) in [5.41, 5.74) is 3.57. The number of halogens is 1. The molecule has 0 aliphatic rings. The van der Waals surface area contributed by atoms with Crippen molar-refractivity contribution in [1.82, 2.24) is 14.8 Å². The molecule has 0 aliphatic carbocycles. The van der Waals surface area contributed by atoms with E-state index in [9.17, 15) is 0 Å². The monoisotopic (exact) mass is 276 g/mol. The summed E-state index contributed by atoms with van der Waals surface area (Å²) in [4.78, 5) is 4.34. The van der Waals surface area contributed by atoms with Crippen LogP contribution in [0.5, 0.6) is 0 Å². The highest BCUT2D eigenvalue weighted by molar-refractivity contribution is 6.31. The number of oxazole rings is 1. The Morgan fingerprint density at radius 2 is 2.26 bits per heavy atom. The molecule has 0 amide bonds. The molecule has 0 fully saturated rings. The van der Waals surface area contributed by atoms with Gasteiger partial charge >= 0.3 is 0 Å². The summed E-state index contributed by atoms with van der Waals surface area (Å²) >= 11 is 5.91. The van der Waals surface area contributed by atoms with Gasteiger partial charge in [-0.15, -0.1) is 0 Å². The molecular weight excluding hydrogens is 264 g/mol. The zero-order valence-electron chi connectivity index (χ0n) is 10.6. The molecule has 0 bridgehead atoms. The van der Waals surface area contributed by atoms with Crippen LogP contribution in [0.3, 0.4) is 0 Å². The van der Waals surface area contributed by atoms with E-state index in [0.29, 0.717) is 17.6 Å². The molecule has 0 aliphatic heterocycles. The van der Waals surface area contributed by atoms with Gasteiger partial charge in [-0.3, -0.25) is 4.68 Å². The SMILES string of the molecule is Cc1nn(C)cc1CNc1nc2cc(Cl)ccc2o1. The average Bonchev–Trinajstić information content (AvgIpc) is 2.89. The minimum Gasteiger partial charge on any atom is -0.424 e. The highest BCUT2D eigenvalue weighted by Gasteiger charge is 2.07. The molecule has 0 saturated heterocycles. The number of hydrogen-bond donors (Lipinski definition) is 1. The van der Waals surface area contributed by atoms with E-state index in [2.05, 4.69) is 15.4 Å². The summed E-state index contributed by atoms with van der Waals surface area (Å²) in [6, 6.07) is 5.86. The van der Waals surface area contributed by atoms with Gasteiger partial charge < -0.3 is 9.73 Å². The molecule has 3 rings (SSSR count). The van der Waals surface area contributed by atoms with Crippen LogP contribution < -0.4 is 5.32 Å². The van der Waals surface area contributed by atoms with Crippen molar-refractivity contribution in [1.29, 1.82) is 0 Å². The van der Waals surface area contributed by atoms with Crippen molar-refractivity contribution in [3.05, 3.63) is 40.7 Å². The summed E-state index contributed by atoms with van der Waals surface area (Å²) in [6.07, 6.45) is 1.97. The van der Waals surface area contributed by atoms with Gasteiger partial charge in [0, 0.05) is 30.4 Å². The Balaban J connectivity index is 1.80. The van der Waals surface area contributed by atoms with Crippen LogP contribution in [0.2, 0.25) is 5.02 Å². The second-order valence-electron chi connectivity index (χ2n) is 4.40. The summed E-state index contributed by atoms with van der Waals surface area (Å²) in [6.45, 7) is 2.60. The predicted octanol–water partition coefficient (Wildman–Crippen LogP) is 3.14. The Labute approximate surface area is 115 Å². The number of aromatic nitrogens is 3. The maximum absolute atomic E-state index is 5.91. The Hall–Kier alpha value is -2.01. The minimum atomic E-state index is 0.487. The Kier molecular flexibility index (Phi) is 2.91. The molecule has 0 saturated carbocycles. The number of anilines is 1. The number of aryl methyl sites for hydroxylation is 2. The Morgan fingerprint density at radius 3 is 3.00 bits per heavy atom. The van der Waals surface area contributed by atoms with Crippen molar-refractivity contribution >= 4 is 28.7 Å². The first-order valence-corrected chi connectivity index (χ1v) is 6.29. The van der Waals surface area contributed by atoms with Crippen molar-refractivity contribution in [2.75, 3.05) is 5.32 Å². The van der Waals surface area contributed by atoms with Crippen molar-refractivity contribution in [2.45, 2.75) is 13.5 Å². The van der Waals surface area contributed by atoms with Gasteiger partial charge in [-0.25, -0.2) is 0 Å². The fourth-order valence-electron chi connectivity index (χ4n) is 1.97. The summed E-state index contributed by atoms with van der Waals surface area (Å²) in [5, 5.41) is 8.08. The first kappa shape index (κ1) is 12.0. The van der Waals surface area contributed by atoms with Gasteiger partial charge in [0.25, 0.3) is 6.01 Å². The highest BCUT2D eigenvalue weighted by Crippen LogP contribution is 2.22. The third-order valence-electron chi connectivity index (χ3n) is 2.89. The van der Waals surface area contributed by atoms with Crippen LogP contribution in [0.4, 0.5) is 6.01 Å². The van der Waals surface area contributed by atoms with Gasteiger partial charge in [-0.05, 0) is 25.1 Å². The number of nitrogens with zero attached hydrogens (tertiary/aromatic N) is 3. The lowest BCUT2D eigenvalue weighted by molar-refractivity contribution is 0.614. The number of nitrogens with one attached hydrogen (secondary N) is 1. The van der Waals surface area contributed by atoms with E-state index in [1.165, 1.54) is 0 Å². The molecular formula is C13H13ClN4O. The van der Waals surface area contributed by atoms with Crippen LogP contribution in [0.1, 0.15) is 11.3 Å². The van der Waals surface area contributed by atoms with E-state index in [0.717, 1.165) is 22.4 Å². The van der Waals surface area contributed by atoms with Crippen LogP contribution >= 0.6 is 11.6 Å². The molecule has 19 heavy (non-hydrogen) atoms. The molecule has 0 atom stereocenters. The number of hydrogen-bond acceptors (Lipinski definition) is 4. The standard InChI is InChI=1S/C13H13ClN4O/c1-8-9(7-18(2)17-8)6-15-13-16-11-5-10(14)3-4-12(11)19-13/h3-5,7H,6H2,1-2H3,(H,15,16). The number of rotatable bonds is 3. The van der Waals surface area contributed by atoms with E-state index in [4.69, 9.17) is 16.0 Å². The summed E-state index contributed by atoms with van der Waals surface area (Å²) in [7, 11) is 1.90. The molecule has 3 aromatic rings. The molecule has 0 radical (unpaired) electrons. The first-order valence-electron chi connectivity index (χ1n) is 5.91. The maximum atomic E-state index is 5.91. The first-order chi connectivity index (χ1) is 9.11. The molecule has 0 unspecified atom stereocenters. The fraction of sp³-hybridized carbons (Fsp3) is 0.231. The van der Waals surface area contributed by atoms with Crippen molar-refractivity contribution in [2.24, 2.45) is 7.05 Å². The van der Waals surface area contributed by atoms with E-state index < -0.39 is 0 Å². The predicted molar refractivity (Wildman–Crippen MR) is 74.3 cm³/mol. The number of fused-ring (bicyclic) bond motifs is 1. The smallest absolute Gasteiger partial charge is 0.295 e. The summed E-state index contributed by atoms with van der Waals surface area (Å²) < 4.78 is 7.37. The fourth-order valence-corrected chi connectivity index (χ4v) is 2.14. The van der Waals surface area contributed by atoms with E-state index in [1.54, 1.807) is 16.8 Å². The van der Waals surface area contributed by atoms with Crippen molar-refractivity contribution in [3.8, 4) is 0 Å². The van der Waals surface area contributed by atoms with Gasteiger partial charge in [0.15, 0.2) is 5.58 Å². The van der Waals surface area contributed by atoms with E-state index in [-0.39, 0.29) is 0 Å². The van der Waals surface area contributed by atoms with Gasteiger partial charge in [0.05, 0.1) is 5.69 Å². The van der Waals surface area contributed by atoms with Gasteiger partial charge in [0.1, 0.15) is 5.52 Å². The van der Waals surface area contributed by atoms with Crippen LogP contribution in [0.25, 0.3) is 11.1 Å². The second-order valence-corrected chi connectivity index (χ2v) is 4.83. The van der Waals surface area contributed by atoms with Crippen molar-refractivity contribution < 1.29 is 4.42 Å². The molecule has 1 aromatic carbocycles. The number of benzene rings is 1. The lowest BCUT2D eigenvalue weighted by Crippen LogP contribution is -1.99. The average molecular weight is 277 g/mol. The minimum absolute atomic E-state index is 0.487. The van der Waals surface area contributed by atoms with E-state index in [1.807, 2.05) is 26.2 Å². The van der Waals surface area contributed by atoms with Crippen molar-refractivity contribution in [3.63, 3.8) is 0 Å². The van der Waals surface area contributed by atoms with Crippen LogP contribution in [-0.4, -0.2) is 14.8 Å². The molecule has 98 valence electrons. The molecule has 2 aromatic heterocycles. The molecule has 5 nitrogen and oxygen atoms in total.